The van der Waals surface area contributed by atoms with Crippen LogP contribution in [0.15, 0.2) is 78.9 Å². The van der Waals surface area contributed by atoms with E-state index >= 15 is 0 Å². The first-order valence-electron chi connectivity index (χ1n) is 11.0. The maximum absolute atomic E-state index is 6.48. The SMILES string of the molecule is CCOc1ccc(C2=C[C@@H]3c4ccccc4O[C@@H](c4ccc(C(C)C)cc4)N3N2)cc1. The quantitative estimate of drug-likeness (QED) is 0.541. The minimum absolute atomic E-state index is 0.0984. The van der Waals surface area contributed by atoms with Crippen molar-refractivity contribution in [1.29, 1.82) is 0 Å². The van der Waals surface area contributed by atoms with Crippen molar-refractivity contribution in [3.8, 4) is 11.5 Å². The molecule has 158 valence electrons. The molecule has 3 aromatic carbocycles. The largest absolute Gasteiger partial charge is 0.494 e. The van der Waals surface area contributed by atoms with E-state index in [9.17, 15) is 0 Å². The smallest absolute Gasteiger partial charge is 0.195 e. The zero-order chi connectivity index (χ0) is 21.4. The number of para-hydroxylation sites is 1. The van der Waals surface area contributed by atoms with E-state index in [0.717, 1.165) is 28.3 Å². The molecule has 1 N–H and O–H groups in total. The van der Waals surface area contributed by atoms with E-state index in [1.54, 1.807) is 0 Å². The Morgan fingerprint density at radius 1 is 0.968 bits per heavy atom. The lowest BCUT2D eigenvalue weighted by Crippen LogP contribution is -2.43. The minimum Gasteiger partial charge on any atom is -0.494 e. The molecule has 2 aliphatic heterocycles. The van der Waals surface area contributed by atoms with E-state index < -0.39 is 0 Å². The predicted octanol–water partition coefficient (Wildman–Crippen LogP) is 6.20. The van der Waals surface area contributed by atoms with Crippen molar-refractivity contribution < 1.29 is 9.47 Å². The Labute approximate surface area is 184 Å². The highest BCUT2D eigenvalue weighted by atomic mass is 16.5. The Hall–Kier alpha value is -3.24. The number of rotatable bonds is 5. The lowest BCUT2D eigenvalue weighted by Gasteiger charge is -2.39. The molecule has 0 spiro atoms. The summed E-state index contributed by atoms with van der Waals surface area (Å²) in [4.78, 5) is 0. The highest BCUT2D eigenvalue weighted by Crippen LogP contribution is 2.45. The van der Waals surface area contributed by atoms with Gasteiger partial charge in [-0.2, -0.15) is 5.01 Å². The van der Waals surface area contributed by atoms with Gasteiger partial charge in [0.2, 0.25) is 0 Å². The third-order valence-corrected chi connectivity index (χ3v) is 5.97. The average molecular weight is 413 g/mol. The molecule has 4 nitrogen and oxygen atoms in total. The molecule has 0 radical (unpaired) electrons. The zero-order valence-electron chi connectivity index (χ0n) is 18.2. The Balaban J connectivity index is 1.49. The van der Waals surface area contributed by atoms with Crippen LogP contribution in [0.5, 0.6) is 11.5 Å². The molecular weight excluding hydrogens is 384 g/mol. The van der Waals surface area contributed by atoms with Gasteiger partial charge in [-0.15, -0.1) is 0 Å². The summed E-state index contributed by atoms with van der Waals surface area (Å²) in [5.74, 6) is 2.33. The summed E-state index contributed by atoms with van der Waals surface area (Å²) >= 11 is 0. The maximum Gasteiger partial charge on any atom is 0.195 e. The molecule has 0 amide bonds. The van der Waals surface area contributed by atoms with Crippen LogP contribution in [0.3, 0.4) is 0 Å². The third-order valence-electron chi connectivity index (χ3n) is 5.97. The number of ether oxygens (including phenoxy) is 2. The second-order valence-corrected chi connectivity index (χ2v) is 8.33. The van der Waals surface area contributed by atoms with Crippen molar-refractivity contribution in [1.82, 2.24) is 10.4 Å². The van der Waals surface area contributed by atoms with E-state index in [1.165, 1.54) is 11.1 Å². The maximum atomic E-state index is 6.48. The molecule has 2 heterocycles. The Morgan fingerprint density at radius 2 is 1.71 bits per heavy atom. The summed E-state index contributed by atoms with van der Waals surface area (Å²) in [5.41, 5.74) is 9.47. The van der Waals surface area contributed by atoms with Gasteiger partial charge in [0, 0.05) is 11.1 Å². The van der Waals surface area contributed by atoms with Crippen LogP contribution in [-0.2, 0) is 0 Å². The fourth-order valence-corrected chi connectivity index (χ4v) is 4.27. The van der Waals surface area contributed by atoms with Crippen molar-refractivity contribution in [2.24, 2.45) is 0 Å². The van der Waals surface area contributed by atoms with E-state index in [-0.39, 0.29) is 12.3 Å². The molecular formula is C27H28N2O2. The van der Waals surface area contributed by atoms with Gasteiger partial charge >= 0.3 is 0 Å². The number of benzene rings is 3. The van der Waals surface area contributed by atoms with E-state index in [2.05, 4.69) is 85.0 Å². The van der Waals surface area contributed by atoms with Crippen LogP contribution in [0.25, 0.3) is 5.70 Å². The highest BCUT2D eigenvalue weighted by molar-refractivity contribution is 5.68. The van der Waals surface area contributed by atoms with Crippen molar-refractivity contribution >= 4 is 5.70 Å². The summed E-state index contributed by atoms with van der Waals surface area (Å²) in [6, 6.07) is 25.4. The van der Waals surface area contributed by atoms with E-state index in [1.807, 2.05) is 25.1 Å². The molecule has 2 atom stereocenters. The predicted molar refractivity (Wildman–Crippen MR) is 124 cm³/mol. The molecule has 0 saturated heterocycles. The van der Waals surface area contributed by atoms with Gasteiger partial charge in [-0.05, 0) is 60.4 Å². The van der Waals surface area contributed by atoms with Gasteiger partial charge < -0.3 is 14.9 Å². The summed E-state index contributed by atoms with van der Waals surface area (Å²) in [6.07, 6.45) is 2.07. The fourth-order valence-electron chi connectivity index (χ4n) is 4.27. The molecule has 0 fully saturated rings. The van der Waals surface area contributed by atoms with Crippen LogP contribution in [0, 0.1) is 0 Å². The summed E-state index contributed by atoms with van der Waals surface area (Å²) in [6.45, 7) is 7.10. The normalized spacial score (nSPS) is 19.8. The highest BCUT2D eigenvalue weighted by Gasteiger charge is 2.40. The van der Waals surface area contributed by atoms with Crippen molar-refractivity contribution in [2.75, 3.05) is 6.61 Å². The van der Waals surface area contributed by atoms with Crippen molar-refractivity contribution in [3.63, 3.8) is 0 Å². The second kappa shape index (κ2) is 8.12. The summed E-state index contributed by atoms with van der Waals surface area (Å²) in [5, 5.41) is 2.21. The van der Waals surface area contributed by atoms with Crippen LogP contribution in [0.4, 0.5) is 0 Å². The Bertz CT molecular complexity index is 1090. The standard InChI is InChI=1S/C27H28N2O2/c1-4-30-22-15-13-20(14-16-22)24-17-25-23-7-5-6-8-26(23)31-27(29(25)28-24)21-11-9-19(10-12-21)18(2)3/h5-18,25,27-28H,4H2,1-3H3/t25-,27+/m1/s1. The van der Waals surface area contributed by atoms with Gasteiger partial charge in [0.25, 0.3) is 0 Å². The molecule has 3 aromatic rings. The van der Waals surface area contributed by atoms with Crippen LogP contribution < -0.4 is 14.9 Å². The van der Waals surface area contributed by atoms with Crippen molar-refractivity contribution in [2.45, 2.75) is 39.0 Å². The van der Waals surface area contributed by atoms with Crippen LogP contribution in [-0.4, -0.2) is 11.6 Å². The molecule has 2 aliphatic rings. The zero-order valence-corrected chi connectivity index (χ0v) is 18.2. The molecule has 0 aliphatic carbocycles. The van der Waals surface area contributed by atoms with Crippen LogP contribution in [0.2, 0.25) is 0 Å². The summed E-state index contributed by atoms with van der Waals surface area (Å²) in [7, 11) is 0. The molecule has 4 heteroatoms. The first-order chi connectivity index (χ1) is 15.1. The number of hydrogen-bond donors (Lipinski definition) is 1. The Morgan fingerprint density at radius 3 is 2.42 bits per heavy atom. The number of nitrogens with one attached hydrogen (secondary N) is 1. The number of hydrazine groups is 1. The summed E-state index contributed by atoms with van der Waals surface area (Å²) < 4.78 is 12.1. The number of fused-ring (bicyclic) bond motifs is 3. The van der Waals surface area contributed by atoms with Gasteiger partial charge in [-0.25, -0.2) is 0 Å². The lowest BCUT2D eigenvalue weighted by atomic mass is 9.99. The lowest BCUT2D eigenvalue weighted by molar-refractivity contribution is -0.0326. The topological polar surface area (TPSA) is 33.7 Å². The van der Waals surface area contributed by atoms with Crippen LogP contribution in [0.1, 0.15) is 61.2 Å². The van der Waals surface area contributed by atoms with Gasteiger partial charge in [0.15, 0.2) is 6.23 Å². The second-order valence-electron chi connectivity index (χ2n) is 8.33. The number of hydrogen-bond acceptors (Lipinski definition) is 4. The van der Waals surface area contributed by atoms with Gasteiger partial charge in [0.1, 0.15) is 11.5 Å². The Kier molecular flexibility index (Phi) is 5.16. The van der Waals surface area contributed by atoms with Crippen LogP contribution >= 0.6 is 0 Å². The van der Waals surface area contributed by atoms with E-state index in [0.29, 0.717) is 12.5 Å². The molecule has 0 bridgehead atoms. The third kappa shape index (κ3) is 3.68. The van der Waals surface area contributed by atoms with Gasteiger partial charge in [-0.1, -0.05) is 56.3 Å². The molecule has 0 unspecified atom stereocenters. The first kappa shape index (κ1) is 19.7. The minimum atomic E-state index is -0.211. The fraction of sp³-hybridized carbons (Fsp3) is 0.259. The average Bonchev–Trinajstić information content (AvgIpc) is 3.25. The first-order valence-corrected chi connectivity index (χ1v) is 11.0. The van der Waals surface area contributed by atoms with Crippen molar-refractivity contribution in [3.05, 3.63) is 101 Å². The van der Waals surface area contributed by atoms with Gasteiger partial charge in [-0.3, -0.25) is 0 Å². The monoisotopic (exact) mass is 412 g/mol. The molecule has 0 aromatic heterocycles. The molecule has 31 heavy (non-hydrogen) atoms. The van der Waals surface area contributed by atoms with E-state index in [4.69, 9.17) is 9.47 Å². The number of nitrogens with zero attached hydrogens (tertiary/aromatic N) is 1. The molecule has 5 rings (SSSR count). The molecule has 0 saturated carbocycles. The van der Waals surface area contributed by atoms with Gasteiger partial charge in [0.05, 0.1) is 18.3 Å².